The first-order valence-corrected chi connectivity index (χ1v) is 21.7. The number of rotatable bonds is 10. The van der Waals surface area contributed by atoms with E-state index >= 15 is 0 Å². The fourth-order valence-corrected chi connectivity index (χ4v) is 9.50. The molecular formula is C59H50N2. The van der Waals surface area contributed by atoms with Crippen LogP contribution in [-0.4, -0.2) is 0 Å². The topological polar surface area (TPSA) is 6.48 Å². The number of para-hydroxylation sites is 2. The first-order valence-electron chi connectivity index (χ1n) is 21.7. The van der Waals surface area contributed by atoms with Crippen molar-refractivity contribution < 1.29 is 0 Å². The summed E-state index contributed by atoms with van der Waals surface area (Å²) in [6.07, 6.45) is 0. The molecule has 0 aromatic heterocycles. The predicted molar refractivity (Wildman–Crippen MR) is 263 cm³/mol. The van der Waals surface area contributed by atoms with Crippen LogP contribution < -0.4 is 9.80 Å². The van der Waals surface area contributed by atoms with Gasteiger partial charge >= 0.3 is 0 Å². The largest absolute Gasteiger partial charge is 0.310 e. The lowest BCUT2D eigenvalue weighted by Crippen LogP contribution is -2.12. The predicted octanol–water partition coefficient (Wildman–Crippen LogP) is 17.4. The first-order chi connectivity index (χ1) is 29.9. The molecule has 2 nitrogen and oxygen atoms in total. The van der Waals surface area contributed by atoms with Gasteiger partial charge in [0.05, 0.1) is 11.4 Å². The Labute approximate surface area is 360 Å². The van der Waals surface area contributed by atoms with Crippen LogP contribution in [-0.2, 0) is 0 Å². The summed E-state index contributed by atoms with van der Waals surface area (Å²) in [5.74, 6) is 0.883. The van der Waals surface area contributed by atoms with Gasteiger partial charge in [-0.2, -0.15) is 0 Å². The van der Waals surface area contributed by atoms with Gasteiger partial charge in [-0.3, -0.25) is 0 Å². The standard InChI is InChI=1S/C59H50N2/c1-39(2)42-26-28-47(29-27-42)60(45-22-14-8-15-23-45)56-37-54(43-18-10-6-11-19-43)50-33-35-53-57(38-55(44-20-12-7-13-21-44)51-32-34-52(56)58(50)59(51)53)61(46-24-16-9-17-25-46)48-30-31-49(40(3)4)41(5)36-48/h6-40H,1-5H3. The van der Waals surface area contributed by atoms with E-state index in [1.54, 1.807) is 0 Å². The maximum atomic E-state index is 2.47. The van der Waals surface area contributed by atoms with E-state index in [4.69, 9.17) is 0 Å². The van der Waals surface area contributed by atoms with Crippen LogP contribution in [0.15, 0.2) is 200 Å². The summed E-state index contributed by atoms with van der Waals surface area (Å²) < 4.78 is 0. The molecule has 0 atom stereocenters. The molecule has 0 aliphatic carbocycles. The second kappa shape index (κ2) is 15.8. The van der Waals surface area contributed by atoms with Crippen molar-refractivity contribution in [2.45, 2.75) is 46.5 Å². The maximum absolute atomic E-state index is 2.47. The lowest BCUT2D eigenvalue weighted by Gasteiger charge is -2.31. The van der Waals surface area contributed by atoms with Crippen LogP contribution in [0.25, 0.3) is 54.6 Å². The van der Waals surface area contributed by atoms with E-state index in [9.17, 15) is 0 Å². The van der Waals surface area contributed by atoms with Crippen LogP contribution in [0.5, 0.6) is 0 Å². The van der Waals surface area contributed by atoms with Crippen LogP contribution in [0.2, 0.25) is 0 Å². The van der Waals surface area contributed by atoms with Crippen molar-refractivity contribution in [3.05, 3.63) is 217 Å². The van der Waals surface area contributed by atoms with Gasteiger partial charge in [0.1, 0.15) is 0 Å². The third kappa shape index (κ3) is 6.79. The molecule has 296 valence electrons. The van der Waals surface area contributed by atoms with Crippen LogP contribution in [0.1, 0.15) is 56.2 Å². The normalized spacial score (nSPS) is 11.7. The summed E-state index contributed by atoms with van der Waals surface area (Å²) in [7, 11) is 0. The number of anilines is 6. The van der Waals surface area contributed by atoms with Gasteiger partial charge in [-0.25, -0.2) is 0 Å². The molecule has 0 saturated heterocycles. The molecule has 0 aliphatic heterocycles. The van der Waals surface area contributed by atoms with Crippen molar-refractivity contribution in [2.75, 3.05) is 9.80 Å². The highest BCUT2D eigenvalue weighted by Crippen LogP contribution is 2.52. The second-order valence-corrected chi connectivity index (χ2v) is 17.0. The molecule has 0 bridgehead atoms. The van der Waals surface area contributed by atoms with Crippen molar-refractivity contribution >= 4 is 66.4 Å². The molecule has 0 radical (unpaired) electrons. The minimum atomic E-state index is 0.440. The van der Waals surface area contributed by atoms with E-state index in [1.807, 2.05) is 0 Å². The molecule has 61 heavy (non-hydrogen) atoms. The van der Waals surface area contributed by atoms with Crippen LogP contribution in [0.4, 0.5) is 34.1 Å². The number of benzene rings is 10. The van der Waals surface area contributed by atoms with Gasteiger partial charge in [0.15, 0.2) is 0 Å². The first kappa shape index (κ1) is 38.1. The van der Waals surface area contributed by atoms with Gasteiger partial charge in [-0.1, -0.05) is 167 Å². The summed E-state index contributed by atoms with van der Waals surface area (Å²) >= 11 is 0. The van der Waals surface area contributed by atoms with Gasteiger partial charge in [0.25, 0.3) is 0 Å². The molecule has 10 rings (SSSR count). The zero-order chi connectivity index (χ0) is 41.6. The Morgan fingerprint density at radius 2 is 0.738 bits per heavy atom. The van der Waals surface area contributed by atoms with Gasteiger partial charge in [0.2, 0.25) is 0 Å². The highest BCUT2D eigenvalue weighted by Gasteiger charge is 2.26. The molecule has 0 fully saturated rings. The second-order valence-electron chi connectivity index (χ2n) is 17.0. The Morgan fingerprint density at radius 1 is 0.344 bits per heavy atom. The summed E-state index contributed by atoms with van der Waals surface area (Å²) in [6, 6.07) is 74.1. The molecule has 0 heterocycles. The Bertz CT molecular complexity index is 3120. The molecule has 2 heteroatoms. The minimum absolute atomic E-state index is 0.440. The lowest BCUT2D eigenvalue weighted by atomic mass is 9.85. The van der Waals surface area contributed by atoms with Crippen molar-refractivity contribution in [1.82, 2.24) is 0 Å². The molecule has 0 amide bonds. The summed E-state index contributed by atoms with van der Waals surface area (Å²) in [5, 5.41) is 7.45. The monoisotopic (exact) mass is 786 g/mol. The molecular weight excluding hydrogens is 737 g/mol. The summed E-state index contributed by atoms with van der Waals surface area (Å²) in [4.78, 5) is 4.93. The fraction of sp³-hybridized carbons (Fsp3) is 0.119. The van der Waals surface area contributed by atoms with Gasteiger partial charge < -0.3 is 9.80 Å². The Balaban J connectivity index is 1.35. The highest BCUT2D eigenvalue weighted by atomic mass is 15.1. The Kier molecular flexibility index (Phi) is 9.85. The van der Waals surface area contributed by atoms with Crippen molar-refractivity contribution in [3.63, 3.8) is 0 Å². The average Bonchev–Trinajstić information content (AvgIpc) is 3.30. The maximum Gasteiger partial charge on any atom is 0.0546 e. The third-order valence-corrected chi connectivity index (χ3v) is 12.5. The number of hydrogen-bond donors (Lipinski definition) is 0. The third-order valence-electron chi connectivity index (χ3n) is 12.5. The summed E-state index contributed by atoms with van der Waals surface area (Å²) in [5.41, 5.74) is 15.6. The van der Waals surface area contributed by atoms with Crippen molar-refractivity contribution in [1.29, 1.82) is 0 Å². The van der Waals surface area contributed by atoms with E-state index < -0.39 is 0 Å². The Hall–Kier alpha value is -7.16. The van der Waals surface area contributed by atoms with Crippen molar-refractivity contribution in [2.24, 2.45) is 0 Å². The van der Waals surface area contributed by atoms with E-state index in [1.165, 1.54) is 71.3 Å². The van der Waals surface area contributed by atoms with Gasteiger partial charge in [0, 0.05) is 44.3 Å². The smallest absolute Gasteiger partial charge is 0.0546 e. The molecule has 0 N–H and O–H groups in total. The SMILES string of the molecule is Cc1cc(N(c2ccccc2)c2cc(-c3ccccc3)c3ccc4c(N(c5ccccc5)c5ccc(C(C)C)cc5)cc(-c5ccccc5)c5ccc2c3c54)ccc1C(C)C. The van der Waals surface area contributed by atoms with E-state index in [-0.39, 0.29) is 0 Å². The van der Waals surface area contributed by atoms with Crippen LogP contribution in [0.3, 0.4) is 0 Å². The lowest BCUT2D eigenvalue weighted by molar-refractivity contribution is 0.856. The summed E-state index contributed by atoms with van der Waals surface area (Å²) in [6.45, 7) is 11.3. The van der Waals surface area contributed by atoms with Crippen LogP contribution in [0, 0.1) is 6.92 Å². The average molecular weight is 787 g/mol. The molecule has 0 spiro atoms. The number of aryl methyl sites for hydroxylation is 1. The minimum Gasteiger partial charge on any atom is -0.310 e. The van der Waals surface area contributed by atoms with E-state index in [0.29, 0.717) is 11.8 Å². The van der Waals surface area contributed by atoms with E-state index in [0.717, 1.165) is 34.1 Å². The molecule has 10 aromatic rings. The molecule has 10 aromatic carbocycles. The zero-order valence-corrected chi connectivity index (χ0v) is 35.6. The van der Waals surface area contributed by atoms with Gasteiger partial charge in [-0.15, -0.1) is 0 Å². The number of nitrogens with zero attached hydrogens (tertiary/aromatic N) is 2. The van der Waals surface area contributed by atoms with Crippen molar-refractivity contribution in [3.8, 4) is 22.3 Å². The molecule has 0 unspecified atom stereocenters. The van der Waals surface area contributed by atoms with Gasteiger partial charge in [-0.05, 0) is 129 Å². The highest BCUT2D eigenvalue weighted by molar-refractivity contribution is 6.32. The Morgan fingerprint density at radius 3 is 1.16 bits per heavy atom. The molecule has 0 saturated carbocycles. The molecule has 0 aliphatic rings. The fourth-order valence-electron chi connectivity index (χ4n) is 9.50. The van der Waals surface area contributed by atoms with Crippen LogP contribution >= 0.6 is 0 Å². The zero-order valence-electron chi connectivity index (χ0n) is 35.6. The quantitative estimate of drug-likeness (QED) is 0.127. The van der Waals surface area contributed by atoms with E-state index in [2.05, 4.69) is 245 Å². The number of hydrogen-bond acceptors (Lipinski definition) is 2.